The highest BCUT2D eigenvalue weighted by Crippen LogP contribution is 2.36. The van der Waals surface area contributed by atoms with Gasteiger partial charge in [-0.05, 0) is 31.9 Å². The van der Waals surface area contributed by atoms with Gasteiger partial charge in [-0.15, -0.1) is 0 Å². The highest BCUT2D eigenvalue weighted by atomic mass is 16.5. The first-order chi connectivity index (χ1) is 15.1. The summed E-state index contributed by atoms with van der Waals surface area (Å²) in [6, 6.07) is 19.3. The summed E-state index contributed by atoms with van der Waals surface area (Å²) in [7, 11) is 0. The van der Waals surface area contributed by atoms with Crippen LogP contribution in [0.1, 0.15) is 31.9 Å². The third-order valence-electron chi connectivity index (χ3n) is 4.94. The zero-order valence-corrected chi connectivity index (χ0v) is 18.1. The van der Waals surface area contributed by atoms with Crippen LogP contribution in [-0.4, -0.2) is 25.2 Å². The number of carbonyl (C=O) groups excluding carboxylic acids is 2. The third-order valence-corrected chi connectivity index (χ3v) is 4.94. The van der Waals surface area contributed by atoms with Crippen LogP contribution >= 0.6 is 0 Å². The quantitative estimate of drug-likeness (QED) is 0.660. The van der Waals surface area contributed by atoms with Crippen LogP contribution in [-0.2, 0) is 19.1 Å². The number of dihydropyridines is 1. The van der Waals surface area contributed by atoms with Crippen molar-refractivity contribution in [2.24, 2.45) is 5.92 Å². The van der Waals surface area contributed by atoms with Crippen molar-refractivity contribution in [1.29, 1.82) is 0 Å². The second-order valence-electron chi connectivity index (χ2n) is 7.01. The molecule has 0 bridgehead atoms. The van der Waals surface area contributed by atoms with Crippen LogP contribution in [0.3, 0.4) is 0 Å². The van der Waals surface area contributed by atoms with Gasteiger partial charge >= 0.3 is 11.9 Å². The first-order valence-corrected chi connectivity index (χ1v) is 10.4. The van der Waals surface area contributed by atoms with Crippen LogP contribution < -0.4 is 5.32 Å². The van der Waals surface area contributed by atoms with Gasteiger partial charge in [0.05, 0.1) is 30.1 Å². The van der Waals surface area contributed by atoms with Gasteiger partial charge in [-0.2, -0.15) is 0 Å². The van der Waals surface area contributed by atoms with E-state index >= 15 is 0 Å². The summed E-state index contributed by atoms with van der Waals surface area (Å²) in [5.74, 6) is -1.54. The number of esters is 2. The van der Waals surface area contributed by atoms with Crippen LogP contribution in [0.2, 0.25) is 0 Å². The summed E-state index contributed by atoms with van der Waals surface area (Å²) >= 11 is 0. The normalized spacial score (nSPS) is 16.3. The van der Waals surface area contributed by atoms with E-state index < -0.39 is 17.9 Å². The fourth-order valence-corrected chi connectivity index (χ4v) is 3.58. The topological polar surface area (TPSA) is 64.6 Å². The van der Waals surface area contributed by atoms with Crippen LogP contribution in [0, 0.1) is 5.92 Å². The Morgan fingerprint density at radius 3 is 2.00 bits per heavy atom. The van der Waals surface area contributed by atoms with Crippen molar-refractivity contribution in [2.45, 2.75) is 20.8 Å². The summed E-state index contributed by atoms with van der Waals surface area (Å²) in [6.07, 6.45) is 3.77. The molecule has 0 fully saturated rings. The van der Waals surface area contributed by atoms with E-state index in [1.165, 1.54) is 0 Å². The Morgan fingerprint density at radius 2 is 1.42 bits per heavy atom. The molecule has 2 aromatic carbocycles. The molecule has 0 amide bonds. The number of nitrogens with one attached hydrogen (secondary N) is 1. The smallest absolute Gasteiger partial charge is 0.337 e. The fraction of sp³-hybridized carbons (Fsp3) is 0.231. The van der Waals surface area contributed by atoms with Crippen molar-refractivity contribution >= 4 is 23.7 Å². The molecule has 0 saturated heterocycles. The lowest BCUT2D eigenvalue weighted by Crippen LogP contribution is -2.33. The molecule has 0 saturated carbocycles. The number of carbonyl (C=O) groups is 2. The molecular weight excluding hydrogens is 390 g/mol. The summed E-state index contributed by atoms with van der Waals surface area (Å²) in [6.45, 7) is 5.82. The first kappa shape index (κ1) is 22.1. The number of hydrogen-bond acceptors (Lipinski definition) is 5. The van der Waals surface area contributed by atoms with E-state index in [0.717, 1.165) is 11.1 Å². The Labute approximate surface area is 183 Å². The number of allylic oxidation sites excluding steroid dienone is 2. The monoisotopic (exact) mass is 417 g/mol. The van der Waals surface area contributed by atoms with Gasteiger partial charge in [-0.3, -0.25) is 0 Å². The van der Waals surface area contributed by atoms with Crippen LogP contribution in [0.15, 0.2) is 83.6 Å². The van der Waals surface area contributed by atoms with Gasteiger partial charge in [0.15, 0.2) is 0 Å². The van der Waals surface area contributed by atoms with Gasteiger partial charge in [-0.1, -0.05) is 72.8 Å². The molecule has 3 rings (SSSR count). The van der Waals surface area contributed by atoms with E-state index in [0.29, 0.717) is 22.5 Å². The van der Waals surface area contributed by atoms with Crippen LogP contribution in [0.4, 0.5) is 0 Å². The zero-order valence-electron chi connectivity index (χ0n) is 18.1. The molecule has 160 valence electrons. The Hall–Kier alpha value is -3.60. The summed E-state index contributed by atoms with van der Waals surface area (Å²) in [5, 5.41) is 3.26. The highest BCUT2D eigenvalue weighted by Gasteiger charge is 2.36. The molecule has 1 aliphatic rings. The maximum atomic E-state index is 13.1. The molecule has 1 heterocycles. The Bertz CT molecular complexity index is 1020. The lowest BCUT2D eigenvalue weighted by molar-refractivity contribution is -0.139. The van der Waals surface area contributed by atoms with Crippen molar-refractivity contribution in [3.05, 3.63) is 94.7 Å². The number of ether oxygens (including phenoxy) is 2. The van der Waals surface area contributed by atoms with Crippen molar-refractivity contribution in [1.82, 2.24) is 5.32 Å². The third kappa shape index (κ3) is 5.12. The molecule has 5 nitrogen and oxygen atoms in total. The largest absolute Gasteiger partial charge is 0.463 e. The lowest BCUT2D eigenvalue weighted by Gasteiger charge is -2.30. The Balaban J connectivity index is 2.18. The van der Waals surface area contributed by atoms with E-state index in [1.807, 2.05) is 79.7 Å². The molecule has 1 atom stereocenters. The summed E-state index contributed by atoms with van der Waals surface area (Å²) < 4.78 is 10.7. The second kappa shape index (κ2) is 10.4. The maximum absolute atomic E-state index is 13.1. The van der Waals surface area contributed by atoms with Gasteiger partial charge < -0.3 is 14.8 Å². The van der Waals surface area contributed by atoms with Crippen LogP contribution in [0.25, 0.3) is 11.8 Å². The Kier molecular flexibility index (Phi) is 7.44. The molecule has 31 heavy (non-hydrogen) atoms. The van der Waals surface area contributed by atoms with Gasteiger partial charge in [0.1, 0.15) is 0 Å². The molecule has 0 aliphatic carbocycles. The van der Waals surface area contributed by atoms with Gasteiger partial charge in [0.2, 0.25) is 0 Å². The molecule has 0 spiro atoms. The summed E-state index contributed by atoms with van der Waals surface area (Å²) in [4.78, 5) is 26.0. The predicted octanol–water partition coefficient (Wildman–Crippen LogP) is 4.73. The maximum Gasteiger partial charge on any atom is 0.337 e. The van der Waals surface area contributed by atoms with Crippen molar-refractivity contribution in [2.75, 3.05) is 13.2 Å². The lowest BCUT2D eigenvalue weighted by atomic mass is 9.83. The molecule has 0 radical (unpaired) electrons. The van der Waals surface area contributed by atoms with E-state index in [2.05, 4.69) is 5.32 Å². The van der Waals surface area contributed by atoms with Crippen molar-refractivity contribution in [3.63, 3.8) is 0 Å². The molecule has 1 unspecified atom stereocenters. The van der Waals surface area contributed by atoms with E-state index in [1.54, 1.807) is 13.8 Å². The molecule has 1 N–H and O–H groups in total. The van der Waals surface area contributed by atoms with Gasteiger partial charge in [0, 0.05) is 11.6 Å². The second-order valence-corrected chi connectivity index (χ2v) is 7.01. The molecule has 5 heteroatoms. The predicted molar refractivity (Wildman–Crippen MR) is 121 cm³/mol. The molecule has 2 aromatic rings. The van der Waals surface area contributed by atoms with E-state index in [9.17, 15) is 9.59 Å². The number of rotatable bonds is 7. The van der Waals surface area contributed by atoms with Gasteiger partial charge in [-0.25, -0.2) is 9.59 Å². The zero-order chi connectivity index (χ0) is 22.2. The minimum absolute atomic E-state index is 0.233. The molecule has 0 aromatic heterocycles. The first-order valence-electron chi connectivity index (χ1n) is 10.4. The Morgan fingerprint density at radius 1 is 0.871 bits per heavy atom. The van der Waals surface area contributed by atoms with Gasteiger partial charge in [0.25, 0.3) is 0 Å². The average Bonchev–Trinajstić information content (AvgIpc) is 2.78. The SMILES string of the molecule is CCOC(=O)C1=C(C)NC(c2ccccc2)=C(C(=O)OCC)C1/C=C/c1ccccc1. The average molecular weight is 418 g/mol. The number of benzene rings is 2. The number of hydrogen-bond donors (Lipinski definition) is 1. The minimum Gasteiger partial charge on any atom is -0.463 e. The van der Waals surface area contributed by atoms with Crippen LogP contribution in [0.5, 0.6) is 0 Å². The van der Waals surface area contributed by atoms with E-state index in [4.69, 9.17) is 9.47 Å². The summed E-state index contributed by atoms with van der Waals surface area (Å²) in [5.41, 5.74) is 3.86. The van der Waals surface area contributed by atoms with Crippen molar-refractivity contribution < 1.29 is 19.1 Å². The standard InChI is InChI=1S/C26H27NO4/c1-4-30-25(28)22-18(3)27-24(20-14-10-7-11-15-20)23(26(29)31-5-2)21(22)17-16-19-12-8-6-9-13-19/h6-17,21,27H,4-5H2,1-3H3/b17-16+. The van der Waals surface area contributed by atoms with E-state index in [-0.39, 0.29) is 13.2 Å². The fourth-order valence-electron chi connectivity index (χ4n) is 3.58. The molecular formula is C26H27NO4. The highest BCUT2D eigenvalue weighted by molar-refractivity contribution is 6.04. The van der Waals surface area contributed by atoms with Crippen molar-refractivity contribution in [3.8, 4) is 0 Å². The molecule has 1 aliphatic heterocycles. The minimum atomic E-state index is -0.616.